The van der Waals surface area contributed by atoms with Crippen molar-refractivity contribution in [2.45, 2.75) is 6.54 Å². The van der Waals surface area contributed by atoms with Crippen molar-refractivity contribution in [3.05, 3.63) is 29.8 Å². The van der Waals surface area contributed by atoms with E-state index >= 15 is 0 Å². The van der Waals surface area contributed by atoms with Gasteiger partial charge in [-0.1, -0.05) is 16.8 Å². The molecule has 16 heavy (non-hydrogen) atoms. The smallest absolute Gasteiger partial charge is 0.248 e. The van der Waals surface area contributed by atoms with Crippen LogP contribution in [0.1, 0.15) is 0 Å². The van der Waals surface area contributed by atoms with Gasteiger partial charge >= 0.3 is 0 Å². The number of nitrogens with one attached hydrogen (secondary N) is 1. The summed E-state index contributed by atoms with van der Waals surface area (Å²) in [7, 11) is 0. The minimum Gasteiger partial charge on any atom is -0.293 e. The first kappa shape index (κ1) is 10.5. The fraction of sp³-hybridized carbons (Fsp3) is 0.125. The molecule has 2 aromatic heterocycles. The minimum atomic E-state index is -0.298. The van der Waals surface area contributed by atoms with E-state index in [1.165, 1.54) is 23.1 Å². The SMILES string of the molecule is O=C(Cn1ccnn1)Nc1nccc(Cl)n1. The molecule has 0 unspecified atom stereocenters. The summed E-state index contributed by atoms with van der Waals surface area (Å²) < 4.78 is 1.39. The Kier molecular flexibility index (Phi) is 3.06. The fourth-order valence-electron chi connectivity index (χ4n) is 1.03. The van der Waals surface area contributed by atoms with Crippen LogP contribution in [0.5, 0.6) is 0 Å². The van der Waals surface area contributed by atoms with Crippen LogP contribution in [-0.2, 0) is 11.3 Å². The standard InChI is InChI=1S/C8H7ClN6O/c9-6-1-2-10-8(12-6)13-7(16)5-15-4-3-11-14-15/h1-4H,5H2,(H,10,12,13,16). The summed E-state index contributed by atoms with van der Waals surface area (Å²) in [6, 6.07) is 1.52. The molecule has 0 bridgehead atoms. The monoisotopic (exact) mass is 238 g/mol. The summed E-state index contributed by atoms with van der Waals surface area (Å²) in [5, 5.41) is 9.99. The minimum absolute atomic E-state index is 0.0515. The van der Waals surface area contributed by atoms with E-state index in [2.05, 4.69) is 25.6 Å². The summed E-state index contributed by atoms with van der Waals surface area (Å²) in [4.78, 5) is 19.1. The van der Waals surface area contributed by atoms with Crippen molar-refractivity contribution in [3.8, 4) is 0 Å². The van der Waals surface area contributed by atoms with Gasteiger partial charge in [-0.25, -0.2) is 14.6 Å². The molecule has 0 aromatic carbocycles. The molecule has 0 atom stereocenters. The zero-order chi connectivity index (χ0) is 11.4. The van der Waals surface area contributed by atoms with Gasteiger partial charge in [0.2, 0.25) is 11.9 Å². The third-order valence-corrected chi connectivity index (χ3v) is 1.86. The quantitative estimate of drug-likeness (QED) is 0.781. The number of nitrogens with zero attached hydrogens (tertiary/aromatic N) is 5. The largest absolute Gasteiger partial charge is 0.293 e. The molecule has 0 aliphatic heterocycles. The van der Waals surface area contributed by atoms with Crippen molar-refractivity contribution in [1.82, 2.24) is 25.0 Å². The third kappa shape index (κ3) is 2.74. The van der Waals surface area contributed by atoms with E-state index in [4.69, 9.17) is 11.6 Å². The zero-order valence-corrected chi connectivity index (χ0v) is 8.79. The Morgan fingerprint density at radius 1 is 1.50 bits per heavy atom. The van der Waals surface area contributed by atoms with Gasteiger partial charge in [-0.05, 0) is 6.07 Å². The molecule has 82 valence electrons. The van der Waals surface area contributed by atoms with Gasteiger partial charge in [0, 0.05) is 12.4 Å². The molecule has 1 N–H and O–H groups in total. The molecule has 0 aliphatic carbocycles. The number of carbonyl (C=O) groups excluding carboxylic acids is 1. The van der Waals surface area contributed by atoms with Gasteiger partial charge < -0.3 is 0 Å². The van der Waals surface area contributed by atoms with Crippen LogP contribution in [-0.4, -0.2) is 30.9 Å². The highest BCUT2D eigenvalue weighted by molar-refractivity contribution is 6.29. The predicted octanol–water partition coefficient (Wildman–Crippen LogP) is 0.360. The van der Waals surface area contributed by atoms with Crippen molar-refractivity contribution >= 4 is 23.5 Å². The molecule has 0 radical (unpaired) electrons. The van der Waals surface area contributed by atoms with E-state index in [-0.39, 0.29) is 23.6 Å². The van der Waals surface area contributed by atoms with E-state index < -0.39 is 0 Å². The lowest BCUT2D eigenvalue weighted by Gasteiger charge is -2.02. The van der Waals surface area contributed by atoms with E-state index in [1.54, 1.807) is 6.20 Å². The maximum Gasteiger partial charge on any atom is 0.248 e. The zero-order valence-electron chi connectivity index (χ0n) is 8.04. The second-order valence-electron chi connectivity index (χ2n) is 2.85. The van der Waals surface area contributed by atoms with Crippen molar-refractivity contribution in [3.63, 3.8) is 0 Å². The second kappa shape index (κ2) is 4.67. The van der Waals surface area contributed by atoms with Crippen LogP contribution >= 0.6 is 11.6 Å². The molecule has 2 rings (SSSR count). The van der Waals surface area contributed by atoms with E-state index in [0.29, 0.717) is 0 Å². The Morgan fingerprint density at radius 3 is 3.06 bits per heavy atom. The van der Waals surface area contributed by atoms with Crippen LogP contribution in [0, 0.1) is 0 Å². The normalized spacial score (nSPS) is 10.1. The van der Waals surface area contributed by atoms with Gasteiger partial charge in [0.15, 0.2) is 0 Å². The van der Waals surface area contributed by atoms with Gasteiger partial charge in [-0.3, -0.25) is 10.1 Å². The van der Waals surface area contributed by atoms with Gasteiger partial charge in [-0.2, -0.15) is 0 Å². The molecular weight excluding hydrogens is 232 g/mol. The average Bonchev–Trinajstić information content (AvgIpc) is 2.70. The number of anilines is 1. The first-order valence-corrected chi connectivity index (χ1v) is 4.74. The molecule has 0 spiro atoms. The van der Waals surface area contributed by atoms with Crippen molar-refractivity contribution in [1.29, 1.82) is 0 Å². The predicted molar refractivity (Wildman–Crippen MR) is 55.7 cm³/mol. The topological polar surface area (TPSA) is 85.6 Å². The first-order valence-electron chi connectivity index (χ1n) is 4.36. The number of rotatable bonds is 3. The summed E-state index contributed by atoms with van der Waals surface area (Å²) in [6.07, 6.45) is 4.53. The Balaban J connectivity index is 1.97. The summed E-state index contributed by atoms with van der Waals surface area (Å²) in [5.41, 5.74) is 0. The molecular formula is C8H7ClN6O. The summed E-state index contributed by atoms with van der Waals surface area (Å²) in [5.74, 6) is -0.134. The molecule has 8 heteroatoms. The van der Waals surface area contributed by atoms with E-state index in [9.17, 15) is 4.79 Å². The Labute approximate surface area is 95.5 Å². The third-order valence-electron chi connectivity index (χ3n) is 1.65. The number of aromatic nitrogens is 5. The van der Waals surface area contributed by atoms with Gasteiger partial charge in [-0.15, -0.1) is 5.10 Å². The van der Waals surface area contributed by atoms with Crippen LogP contribution < -0.4 is 5.32 Å². The fourth-order valence-corrected chi connectivity index (χ4v) is 1.16. The van der Waals surface area contributed by atoms with E-state index in [0.717, 1.165) is 0 Å². The van der Waals surface area contributed by atoms with Crippen LogP contribution in [0.25, 0.3) is 0 Å². The highest BCUT2D eigenvalue weighted by Crippen LogP contribution is 2.05. The molecule has 0 aliphatic rings. The number of halogens is 1. The maximum atomic E-state index is 11.5. The van der Waals surface area contributed by atoms with Gasteiger partial charge in [0.05, 0.1) is 6.20 Å². The Bertz CT molecular complexity index is 485. The molecule has 0 saturated carbocycles. The summed E-state index contributed by atoms with van der Waals surface area (Å²) >= 11 is 5.64. The summed E-state index contributed by atoms with van der Waals surface area (Å²) in [6.45, 7) is 0.0515. The lowest BCUT2D eigenvalue weighted by molar-refractivity contribution is -0.117. The van der Waals surface area contributed by atoms with Crippen molar-refractivity contribution in [2.24, 2.45) is 0 Å². The van der Waals surface area contributed by atoms with Gasteiger partial charge in [0.1, 0.15) is 11.7 Å². The number of hydrogen-bond acceptors (Lipinski definition) is 5. The van der Waals surface area contributed by atoms with Crippen molar-refractivity contribution in [2.75, 3.05) is 5.32 Å². The number of carbonyl (C=O) groups is 1. The van der Waals surface area contributed by atoms with E-state index in [1.807, 2.05) is 0 Å². The molecule has 7 nitrogen and oxygen atoms in total. The highest BCUT2D eigenvalue weighted by Gasteiger charge is 2.05. The van der Waals surface area contributed by atoms with Crippen LogP contribution in [0.15, 0.2) is 24.7 Å². The Morgan fingerprint density at radius 2 is 2.38 bits per heavy atom. The molecule has 0 saturated heterocycles. The first-order chi connectivity index (χ1) is 7.74. The molecule has 2 aromatic rings. The van der Waals surface area contributed by atoms with Crippen molar-refractivity contribution < 1.29 is 4.79 Å². The number of amides is 1. The second-order valence-corrected chi connectivity index (χ2v) is 3.24. The molecule has 0 fully saturated rings. The average molecular weight is 239 g/mol. The maximum absolute atomic E-state index is 11.5. The lowest BCUT2D eigenvalue weighted by atomic mass is 10.6. The van der Waals surface area contributed by atoms with Crippen LogP contribution in [0.4, 0.5) is 5.95 Å². The lowest BCUT2D eigenvalue weighted by Crippen LogP contribution is -2.20. The van der Waals surface area contributed by atoms with Crippen LogP contribution in [0.3, 0.4) is 0 Å². The molecule has 2 heterocycles. The number of hydrogen-bond donors (Lipinski definition) is 1. The van der Waals surface area contributed by atoms with Crippen LogP contribution in [0.2, 0.25) is 5.15 Å². The Hall–Kier alpha value is -2.02. The highest BCUT2D eigenvalue weighted by atomic mass is 35.5. The molecule has 1 amide bonds. The van der Waals surface area contributed by atoms with Gasteiger partial charge in [0.25, 0.3) is 0 Å².